The maximum atomic E-state index is 14.0. The zero-order valence-electron chi connectivity index (χ0n) is 20.4. The molecular formula is C29H22ClN3O5. The smallest absolute Gasteiger partial charge is 0.262 e. The number of aromatic nitrogens is 1. The van der Waals surface area contributed by atoms with E-state index in [-0.39, 0.29) is 18.4 Å². The first-order valence-electron chi connectivity index (χ1n) is 12.5. The topological polar surface area (TPSA) is 106 Å². The van der Waals surface area contributed by atoms with Crippen LogP contribution >= 0.6 is 11.6 Å². The maximum absolute atomic E-state index is 14.0. The Hall–Kier alpha value is -3.93. The van der Waals surface area contributed by atoms with Crippen LogP contribution in [0.5, 0.6) is 5.88 Å². The number of amides is 2. The number of rotatable bonds is 5. The van der Waals surface area contributed by atoms with Gasteiger partial charge < -0.3 is 14.0 Å². The highest BCUT2D eigenvalue weighted by Crippen LogP contribution is 2.62. The third kappa shape index (κ3) is 3.09. The van der Waals surface area contributed by atoms with Crippen molar-refractivity contribution in [3.05, 3.63) is 65.2 Å². The first kappa shape index (κ1) is 23.2. The van der Waals surface area contributed by atoms with Crippen LogP contribution in [0.15, 0.2) is 59.1 Å². The molecule has 0 radical (unpaired) electrons. The van der Waals surface area contributed by atoms with Gasteiger partial charge in [0.05, 0.1) is 52.4 Å². The Morgan fingerprint density at radius 2 is 1.87 bits per heavy atom. The molecule has 3 aromatic carbocycles. The molecule has 0 N–H and O–H groups in total. The highest BCUT2D eigenvalue weighted by atomic mass is 35.5. The summed E-state index contributed by atoms with van der Waals surface area (Å²) in [5.41, 5.74) is -0.0162. The first-order valence-corrected chi connectivity index (χ1v) is 12.9. The molecule has 38 heavy (non-hydrogen) atoms. The van der Waals surface area contributed by atoms with Gasteiger partial charge in [-0.3, -0.25) is 9.59 Å². The van der Waals surface area contributed by atoms with Gasteiger partial charge in [-0.05, 0) is 49.2 Å². The predicted octanol–water partition coefficient (Wildman–Crippen LogP) is 5.40. The predicted molar refractivity (Wildman–Crippen MR) is 139 cm³/mol. The summed E-state index contributed by atoms with van der Waals surface area (Å²) < 4.78 is 17.8. The molecule has 9 heteroatoms. The number of benzene rings is 3. The van der Waals surface area contributed by atoms with Crippen molar-refractivity contribution in [2.75, 3.05) is 11.5 Å². The summed E-state index contributed by atoms with van der Waals surface area (Å²) >= 11 is 6.03. The normalized spacial score (nSPS) is 27.9. The Morgan fingerprint density at radius 3 is 2.68 bits per heavy atom. The fraction of sp³-hybridized carbons (Fsp3) is 0.310. The summed E-state index contributed by atoms with van der Waals surface area (Å²) in [4.78, 5) is 29.2. The van der Waals surface area contributed by atoms with E-state index >= 15 is 0 Å². The molecule has 4 aromatic rings. The van der Waals surface area contributed by atoms with Crippen molar-refractivity contribution in [3.8, 4) is 11.9 Å². The van der Waals surface area contributed by atoms with E-state index in [0.29, 0.717) is 63.2 Å². The Balaban J connectivity index is 1.20. The summed E-state index contributed by atoms with van der Waals surface area (Å²) in [5, 5.41) is 16.2. The number of hydrogen-bond acceptors (Lipinski definition) is 7. The Bertz CT molecular complexity index is 1710. The molecule has 7 rings (SSSR count). The van der Waals surface area contributed by atoms with Crippen LogP contribution < -0.4 is 9.64 Å². The SMILES string of the molecule is CC12CCC(CCOc3noc4cc(Cl)ccc34)(O1)C1C(=O)N(c3ccc(C#N)c4ccccc34)C(=O)C12. The van der Waals surface area contributed by atoms with Gasteiger partial charge in [-0.2, -0.15) is 5.26 Å². The molecule has 3 fully saturated rings. The number of nitriles is 1. The molecule has 3 saturated heterocycles. The van der Waals surface area contributed by atoms with Gasteiger partial charge in [0.15, 0.2) is 5.58 Å². The molecule has 3 aliphatic heterocycles. The maximum Gasteiger partial charge on any atom is 0.262 e. The van der Waals surface area contributed by atoms with E-state index in [1.54, 1.807) is 30.3 Å². The number of carbonyl (C=O) groups is 2. The minimum Gasteiger partial charge on any atom is -0.475 e. The summed E-state index contributed by atoms with van der Waals surface area (Å²) in [7, 11) is 0. The van der Waals surface area contributed by atoms with Crippen molar-refractivity contribution in [2.24, 2.45) is 11.8 Å². The zero-order valence-corrected chi connectivity index (χ0v) is 21.2. The van der Waals surface area contributed by atoms with E-state index in [9.17, 15) is 14.9 Å². The molecule has 0 spiro atoms. The molecule has 4 atom stereocenters. The average Bonchev–Trinajstić information content (AvgIpc) is 3.62. The summed E-state index contributed by atoms with van der Waals surface area (Å²) in [6.45, 7) is 2.17. The highest BCUT2D eigenvalue weighted by molar-refractivity contribution is 6.31. The van der Waals surface area contributed by atoms with E-state index in [1.165, 1.54) is 4.90 Å². The van der Waals surface area contributed by atoms with Gasteiger partial charge in [-0.25, -0.2) is 4.90 Å². The number of anilines is 1. The minimum atomic E-state index is -0.813. The molecule has 4 heterocycles. The standard InChI is InChI=1S/C29H22ClN3O5/c1-28-10-11-29(38-28,12-13-36-25-20-8-7-17(30)14-22(20)37-32-25)24-23(28)26(34)33(27(24)35)21-9-6-16(15-31)18-4-2-3-5-19(18)21/h2-9,14,23-24H,10-13H2,1H3. The van der Waals surface area contributed by atoms with Gasteiger partial charge in [0.25, 0.3) is 5.88 Å². The van der Waals surface area contributed by atoms with Crippen LogP contribution in [0.2, 0.25) is 5.02 Å². The second kappa shape index (κ2) is 8.03. The monoisotopic (exact) mass is 527 g/mol. The van der Waals surface area contributed by atoms with Gasteiger partial charge in [-0.15, -0.1) is 0 Å². The number of nitrogens with zero attached hydrogens (tertiary/aromatic N) is 3. The van der Waals surface area contributed by atoms with Crippen molar-refractivity contribution < 1.29 is 23.6 Å². The molecular weight excluding hydrogens is 506 g/mol. The van der Waals surface area contributed by atoms with Crippen molar-refractivity contribution >= 4 is 50.8 Å². The number of imide groups is 1. The zero-order chi connectivity index (χ0) is 26.2. The van der Waals surface area contributed by atoms with E-state index in [1.807, 2.05) is 31.2 Å². The van der Waals surface area contributed by atoms with Crippen molar-refractivity contribution in [3.63, 3.8) is 0 Å². The Labute approximate surface area is 222 Å². The number of carbonyl (C=O) groups excluding carboxylic acids is 2. The fourth-order valence-corrected chi connectivity index (χ4v) is 6.90. The van der Waals surface area contributed by atoms with Crippen LogP contribution in [0.25, 0.3) is 21.7 Å². The molecule has 1 aromatic heterocycles. The second-order valence-electron chi connectivity index (χ2n) is 10.5. The third-order valence-electron chi connectivity index (χ3n) is 8.44. The molecule has 2 bridgehead atoms. The Morgan fingerprint density at radius 1 is 1.08 bits per heavy atom. The second-order valence-corrected chi connectivity index (χ2v) is 10.9. The molecule has 190 valence electrons. The molecule has 0 saturated carbocycles. The highest BCUT2D eigenvalue weighted by Gasteiger charge is 2.73. The van der Waals surface area contributed by atoms with Crippen LogP contribution in [0.3, 0.4) is 0 Å². The average molecular weight is 528 g/mol. The van der Waals surface area contributed by atoms with E-state index in [0.717, 1.165) is 0 Å². The number of fused-ring (bicyclic) bond motifs is 7. The lowest BCUT2D eigenvalue weighted by Gasteiger charge is -2.31. The lowest BCUT2D eigenvalue weighted by Crippen LogP contribution is -2.43. The molecule has 8 nitrogen and oxygen atoms in total. The summed E-state index contributed by atoms with van der Waals surface area (Å²) in [6, 6.07) is 18.1. The van der Waals surface area contributed by atoms with Gasteiger partial charge in [0, 0.05) is 28.3 Å². The van der Waals surface area contributed by atoms with E-state index < -0.39 is 23.0 Å². The van der Waals surface area contributed by atoms with Crippen LogP contribution in [0, 0.1) is 23.2 Å². The summed E-state index contributed by atoms with van der Waals surface area (Å²) in [6.07, 6.45) is 1.76. The van der Waals surface area contributed by atoms with Crippen LogP contribution in [-0.2, 0) is 14.3 Å². The van der Waals surface area contributed by atoms with Gasteiger partial charge in [0.2, 0.25) is 11.8 Å². The van der Waals surface area contributed by atoms with Crippen molar-refractivity contribution in [1.29, 1.82) is 5.26 Å². The first-order chi connectivity index (χ1) is 18.3. The van der Waals surface area contributed by atoms with Crippen LogP contribution in [-0.4, -0.2) is 34.8 Å². The van der Waals surface area contributed by atoms with Gasteiger partial charge >= 0.3 is 0 Å². The van der Waals surface area contributed by atoms with Gasteiger partial charge in [0.1, 0.15) is 0 Å². The molecule has 3 aliphatic rings. The number of ether oxygens (including phenoxy) is 2. The molecule has 2 amide bonds. The van der Waals surface area contributed by atoms with Crippen LogP contribution in [0.4, 0.5) is 5.69 Å². The fourth-order valence-electron chi connectivity index (χ4n) is 6.74. The quantitative estimate of drug-likeness (QED) is 0.320. The van der Waals surface area contributed by atoms with Crippen LogP contribution in [0.1, 0.15) is 31.7 Å². The number of hydrogen-bond donors (Lipinski definition) is 0. The Kier molecular flexibility index (Phi) is 4.91. The van der Waals surface area contributed by atoms with Gasteiger partial charge in [-0.1, -0.05) is 35.9 Å². The van der Waals surface area contributed by atoms with Crippen molar-refractivity contribution in [1.82, 2.24) is 5.16 Å². The van der Waals surface area contributed by atoms with Crippen molar-refractivity contribution in [2.45, 2.75) is 37.4 Å². The minimum absolute atomic E-state index is 0.241. The molecule has 4 unspecified atom stereocenters. The summed E-state index contributed by atoms with van der Waals surface area (Å²) in [5.74, 6) is -1.35. The third-order valence-corrected chi connectivity index (χ3v) is 8.67. The lowest BCUT2D eigenvalue weighted by molar-refractivity contribution is -0.131. The molecule has 0 aliphatic carbocycles. The van der Waals surface area contributed by atoms with E-state index in [4.69, 9.17) is 25.6 Å². The van der Waals surface area contributed by atoms with E-state index in [2.05, 4.69) is 11.2 Å². The lowest BCUT2D eigenvalue weighted by atomic mass is 9.67. The largest absolute Gasteiger partial charge is 0.475 e. The number of halogens is 1.